The van der Waals surface area contributed by atoms with Gasteiger partial charge in [0.2, 0.25) is 0 Å². The standard InChI is InChI=1S/C18H14BrNO3S/c19-14-10-13(11-16-17(21)20-18(22)24-16)6-7-15(14)23-9-8-12-4-2-1-3-5-12/h1-7,10-11H,8-9H2,(H,20,21,22)/b16-11-. The van der Waals surface area contributed by atoms with Gasteiger partial charge in [-0.2, -0.15) is 0 Å². The van der Waals surface area contributed by atoms with E-state index in [0.29, 0.717) is 11.5 Å². The van der Waals surface area contributed by atoms with Crippen molar-refractivity contribution in [1.82, 2.24) is 5.32 Å². The average molecular weight is 404 g/mol. The van der Waals surface area contributed by atoms with Gasteiger partial charge < -0.3 is 4.74 Å². The molecule has 0 bridgehead atoms. The van der Waals surface area contributed by atoms with Crippen LogP contribution in [-0.4, -0.2) is 17.8 Å². The smallest absolute Gasteiger partial charge is 0.290 e. The number of hydrogen-bond acceptors (Lipinski definition) is 4. The van der Waals surface area contributed by atoms with E-state index in [9.17, 15) is 9.59 Å². The molecule has 1 heterocycles. The molecule has 2 aromatic rings. The van der Waals surface area contributed by atoms with E-state index in [1.165, 1.54) is 5.56 Å². The van der Waals surface area contributed by atoms with Crippen molar-refractivity contribution < 1.29 is 14.3 Å². The molecule has 2 amide bonds. The molecule has 0 aliphatic carbocycles. The molecule has 1 N–H and O–H groups in total. The number of carbonyl (C=O) groups excluding carboxylic acids is 2. The lowest BCUT2D eigenvalue weighted by atomic mass is 10.2. The first-order chi connectivity index (χ1) is 11.6. The number of hydrogen-bond donors (Lipinski definition) is 1. The third-order valence-electron chi connectivity index (χ3n) is 3.39. The summed E-state index contributed by atoms with van der Waals surface area (Å²) in [7, 11) is 0. The third-order valence-corrected chi connectivity index (χ3v) is 4.82. The molecule has 4 nitrogen and oxygen atoms in total. The molecule has 0 saturated carbocycles. The van der Waals surface area contributed by atoms with Gasteiger partial charge in [-0.1, -0.05) is 36.4 Å². The maximum absolute atomic E-state index is 11.6. The van der Waals surface area contributed by atoms with E-state index in [2.05, 4.69) is 33.4 Å². The molecule has 1 aliphatic heterocycles. The molecule has 0 unspecified atom stereocenters. The largest absolute Gasteiger partial charge is 0.492 e. The Labute approximate surface area is 152 Å². The molecule has 1 fully saturated rings. The van der Waals surface area contributed by atoms with Crippen molar-refractivity contribution in [2.24, 2.45) is 0 Å². The van der Waals surface area contributed by atoms with Gasteiger partial charge in [-0.05, 0) is 57.0 Å². The van der Waals surface area contributed by atoms with Crippen LogP contribution in [0.1, 0.15) is 11.1 Å². The van der Waals surface area contributed by atoms with E-state index in [0.717, 1.165) is 34.0 Å². The van der Waals surface area contributed by atoms with Crippen molar-refractivity contribution in [3.05, 3.63) is 69.0 Å². The Morgan fingerprint density at radius 2 is 1.92 bits per heavy atom. The summed E-state index contributed by atoms with van der Waals surface area (Å²) in [5, 5.41) is 1.90. The lowest BCUT2D eigenvalue weighted by Gasteiger charge is -2.09. The van der Waals surface area contributed by atoms with Crippen molar-refractivity contribution in [2.75, 3.05) is 6.61 Å². The molecule has 0 aromatic heterocycles. The molecule has 0 spiro atoms. The van der Waals surface area contributed by atoms with E-state index in [-0.39, 0.29) is 11.1 Å². The second kappa shape index (κ2) is 7.68. The SMILES string of the molecule is O=C1NC(=O)/C(=C/c2ccc(OCCc3ccccc3)c(Br)c2)S1. The highest BCUT2D eigenvalue weighted by atomic mass is 79.9. The van der Waals surface area contributed by atoms with Crippen molar-refractivity contribution in [1.29, 1.82) is 0 Å². The molecule has 3 rings (SSSR count). The Morgan fingerprint density at radius 1 is 1.12 bits per heavy atom. The van der Waals surface area contributed by atoms with Gasteiger partial charge in [0.1, 0.15) is 5.75 Å². The first kappa shape index (κ1) is 16.8. The van der Waals surface area contributed by atoms with Crippen LogP contribution in [0.2, 0.25) is 0 Å². The fraction of sp³-hybridized carbons (Fsp3) is 0.111. The Balaban J connectivity index is 1.63. The van der Waals surface area contributed by atoms with Crippen LogP contribution in [0.25, 0.3) is 6.08 Å². The van der Waals surface area contributed by atoms with Crippen LogP contribution in [0.3, 0.4) is 0 Å². The third kappa shape index (κ3) is 4.27. The highest BCUT2D eigenvalue weighted by Gasteiger charge is 2.24. The maximum Gasteiger partial charge on any atom is 0.290 e. The molecule has 0 radical (unpaired) electrons. The summed E-state index contributed by atoms with van der Waals surface area (Å²) in [6.45, 7) is 0.579. The van der Waals surface area contributed by atoms with E-state index in [1.807, 2.05) is 36.4 Å². The Morgan fingerprint density at radius 3 is 2.58 bits per heavy atom. The fourth-order valence-electron chi connectivity index (χ4n) is 2.22. The number of imide groups is 1. The van der Waals surface area contributed by atoms with Gasteiger partial charge >= 0.3 is 0 Å². The number of halogens is 1. The van der Waals surface area contributed by atoms with Crippen molar-refractivity contribution in [3.8, 4) is 5.75 Å². The zero-order valence-corrected chi connectivity index (χ0v) is 15.0. The van der Waals surface area contributed by atoms with Crippen LogP contribution < -0.4 is 10.1 Å². The molecular formula is C18H14BrNO3S. The number of amides is 2. The minimum Gasteiger partial charge on any atom is -0.492 e. The van der Waals surface area contributed by atoms with E-state index < -0.39 is 0 Å². The Kier molecular flexibility index (Phi) is 5.37. The van der Waals surface area contributed by atoms with Gasteiger partial charge in [0, 0.05) is 6.42 Å². The average Bonchev–Trinajstić information content (AvgIpc) is 2.88. The molecule has 1 aliphatic rings. The van der Waals surface area contributed by atoms with Crippen molar-refractivity contribution in [3.63, 3.8) is 0 Å². The number of carbonyl (C=O) groups is 2. The van der Waals surface area contributed by atoms with Crippen molar-refractivity contribution in [2.45, 2.75) is 6.42 Å². The van der Waals surface area contributed by atoms with E-state index in [1.54, 1.807) is 6.08 Å². The fourth-order valence-corrected chi connectivity index (χ4v) is 3.41. The number of rotatable bonds is 5. The monoisotopic (exact) mass is 403 g/mol. The summed E-state index contributed by atoms with van der Waals surface area (Å²) >= 11 is 4.39. The second-order valence-electron chi connectivity index (χ2n) is 5.13. The number of benzene rings is 2. The normalized spacial score (nSPS) is 15.6. The summed E-state index contributed by atoms with van der Waals surface area (Å²) in [5.41, 5.74) is 2.05. The van der Waals surface area contributed by atoms with Crippen LogP contribution in [0.15, 0.2) is 57.9 Å². The quantitative estimate of drug-likeness (QED) is 0.751. The first-order valence-corrected chi connectivity index (χ1v) is 8.94. The molecule has 122 valence electrons. The minimum atomic E-state index is -0.357. The van der Waals surface area contributed by atoms with Gasteiger partial charge in [0.05, 0.1) is 16.0 Å². The summed E-state index contributed by atoms with van der Waals surface area (Å²) in [6, 6.07) is 15.7. The molecule has 24 heavy (non-hydrogen) atoms. The minimum absolute atomic E-state index is 0.341. The van der Waals surface area contributed by atoms with E-state index in [4.69, 9.17) is 4.74 Å². The van der Waals surface area contributed by atoms with Crippen LogP contribution >= 0.6 is 27.7 Å². The molecule has 0 atom stereocenters. The second-order valence-corrected chi connectivity index (χ2v) is 7.00. The highest BCUT2D eigenvalue weighted by Crippen LogP contribution is 2.30. The molecule has 2 aromatic carbocycles. The van der Waals surface area contributed by atoms with Gasteiger partial charge in [-0.3, -0.25) is 14.9 Å². The van der Waals surface area contributed by atoms with Crippen LogP contribution in [0, 0.1) is 0 Å². The lowest BCUT2D eigenvalue weighted by molar-refractivity contribution is -0.115. The maximum atomic E-state index is 11.6. The van der Waals surface area contributed by atoms with Crippen LogP contribution in [-0.2, 0) is 11.2 Å². The highest BCUT2D eigenvalue weighted by molar-refractivity contribution is 9.10. The zero-order chi connectivity index (χ0) is 16.9. The number of nitrogens with one attached hydrogen (secondary N) is 1. The predicted octanol–water partition coefficient (Wildman–Crippen LogP) is 4.39. The molecule has 6 heteroatoms. The van der Waals surface area contributed by atoms with E-state index >= 15 is 0 Å². The summed E-state index contributed by atoms with van der Waals surface area (Å²) in [6.07, 6.45) is 2.52. The van der Waals surface area contributed by atoms with Gasteiger partial charge in [0.15, 0.2) is 0 Å². The van der Waals surface area contributed by atoms with Gasteiger partial charge in [0.25, 0.3) is 11.1 Å². The zero-order valence-electron chi connectivity index (χ0n) is 12.6. The first-order valence-electron chi connectivity index (χ1n) is 7.33. The van der Waals surface area contributed by atoms with Crippen LogP contribution in [0.5, 0.6) is 5.75 Å². The lowest BCUT2D eigenvalue weighted by Crippen LogP contribution is -2.17. The summed E-state index contributed by atoms with van der Waals surface area (Å²) in [4.78, 5) is 23.1. The predicted molar refractivity (Wildman–Crippen MR) is 98.9 cm³/mol. The number of ether oxygens (including phenoxy) is 1. The summed E-state index contributed by atoms with van der Waals surface area (Å²) in [5.74, 6) is 0.386. The molecular weight excluding hydrogens is 390 g/mol. The summed E-state index contributed by atoms with van der Waals surface area (Å²) < 4.78 is 6.60. The number of thioether (sulfide) groups is 1. The van der Waals surface area contributed by atoms with Crippen LogP contribution in [0.4, 0.5) is 4.79 Å². The molecule has 1 saturated heterocycles. The Bertz CT molecular complexity index is 805. The van der Waals surface area contributed by atoms with Crippen molar-refractivity contribution >= 4 is 44.9 Å². The van der Waals surface area contributed by atoms with Gasteiger partial charge in [-0.25, -0.2) is 0 Å². The topological polar surface area (TPSA) is 55.4 Å². The Hall–Kier alpha value is -2.05. The van der Waals surface area contributed by atoms with Gasteiger partial charge in [-0.15, -0.1) is 0 Å².